The van der Waals surface area contributed by atoms with Crippen molar-refractivity contribution in [3.05, 3.63) is 368 Å². The van der Waals surface area contributed by atoms with Crippen LogP contribution in [0.5, 0.6) is 0 Å². The summed E-state index contributed by atoms with van der Waals surface area (Å²) in [6, 6.07) is 90.4. The van der Waals surface area contributed by atoms with Crippen molar-refractivity contribution < 1.29 is 76.3 Å². The Labute approximate surface area is 893 Å². The van der Waals surface area contributed by atoms with E-state index < -0.39 is 41.1 Å². The van der Waals surface area contributed by atoms with Crippen molar-refractivity contribution in [3.8, 4) is 44.5 Å². The van der Waals surface area contributed by atoms with E-state index in [0.29, 0.717) is 33.8 Å². The second-order valence-corrected chi connectivity index (χ2v) is 40.6. The van der Waals surface area contributed by atoms with Crippen LogP contribution in [0.25, 0.3) is 44.5 Å². The first-order valence-electron chi connectivity index (χ1n) is 49.2. The topological polar surface area (TPSA) is 371 Å². The molecule has 3 fully saturated rings. The summed E-state index contributed by atoms with van der Waals surface area (Å²) in [7, 11) is 0. The third-order valence-corrected chi connectivity index (χ3v) is 25.2. The van der Waals surface area contributed by atoms with Gasteiger partial charge in [0.25, 0.3) is 23.6 Å². The van der Waals surface area contributed by atoms with Crippen LogP contribution >= 0.6 is 31.9 Å². The van der Waals surface area contributed by atoms with Crippen LogP contribution in [0.1, 0.15) is 148 Å². The molecule has 4 heterocycles. The van der Waals surface area contributed by atoms with Crippen LogP contribution in [0.2, 0.25) is 0 Å². The number of carbonyl (C=O) groups is 8. The summed E-state index contributed by atoms with van der Waals surface area (Å²) < 4.78 is 39.2. The van der Waals surface area contributed by atoms with Gasteiger partial charge >= 0.3 is 24.2 Å². The summed E-state index contributed by atoms with van der Waals surface area (Å²) in [4.78, 5) is 104. The fraction of sp³-hybridized carbons (Fsp3) is 0.250. The first kappa shape index (κ1) is 113. The lowest BCUT2D eigenvalue weighted by Crippen LogP contribution is -2.36. The quantitative estimate of drug-likeness (QED) is 0.0265. The van der Waals surface area contributed by atoms with Crippen LogP contribution in [0.4, 0.5) is 82.6 Å². The number of nitrogen functional groups attached to an aromatic ring is 2. The van der Waals surface area contributed by atoms with Gasteiger partial charge in [-0.3, -0.25) is 35.1 Å². The molecule has 0 radical (unpaired) electrons. The Morgan fingerprint density at radius 3 is 0.840 bits per heavy atom. The summed E-state index contributed by atoms with van der Waals surface area (Å²) in [6.45, 7) is 37.9. The van der Waals surface area contributed by atoms with Crippen LogP contribution in [0.15, 0.2) is 311 Å². The predicted octanol–water partition coefficient (Wildman–Crippen LogP) is 27.2. The lowest BCUT2D eigenvalue weighted by Gasteiger charge is -2.28. The number of benzene rings is 13. The normalized spacial score (nSPS) is 12.7. The maximum absolute atomic E-state index is 13.0. The van der Waals surface area contributed by atoms with Gasteiger partial charge in [-0.2, -0.15) is 0 Å². The third-order valence-electron chi connectivity index (χ3n) is 23.4. The highest BCUT2D eigenvalue weighted by Gasteiger charge is 2.24. The first-order chi connectivity index (χ1) is 71.5. The number of halogens is 2. The van der Waals surface area contributed by atoms with Crippen LogP contribution < -0.4 is 63.4 Å². The molecule has 0 unspecified atom stereocenters. The van der Waals surface area contributed by atoms with Crippen LogP contribution in [0, 0.1) is 41.5 Å². The highest BCUT2D eigenvalue weighted by Crippen LogP contribution is 2.35. The molecule has 0 aliphatic carbocycles. The molecule has 3 saturated heterocycles. The Kier molecular flexibility index (Phi) is 40.0. The van der Waals surface area contributed by atoms with Crippen LogP contribution in [-0.2, 0) is 28.4 Å². The second kappa shape index (κ2) is 53.1. The second-order valence-electron chi connectivity index (χ2n) is 38.9. The fourth-order valence-corrected chi connectivity index (χ4v) is 16.6. The monoisotopic (exact) mass is 2150 g/mol. The van der Waals surface area contributed by atoms with Gasteiger partial charge < -0.3 is 85.4 Å². The number of morpholine rings is 3. The number of aryl methyl sites for hydroxylation is 6. The van der Waals surface area contributed by atoms with Crippen molar-refractivity contribution in [2.75, 3.05) is 142 Å². The number of hydrogen-bond donors (Lipinski definition) is 10. The van der Waals surface area contributed by atoms with E-state index >= 15 is 0 Å². The van der Waals surface area contributed by atoms with Crippen molar-refractivity contribution in [1.82, 2.24) is 0 Å². The van der Waals surface area contributed by atoms with E-state index in [0.717, 1.165) is 211 Å². The van der Waals surface area contributed by atoms with E-state index in [9.17, 15) is 38.4 Å². The predicted molar refractivity (Wildman–Crippen MR) is 609 cm³/mol. The molecule has 12 N–H and O–H groups in total. The number of furan rings is 1. The number of aromatic carboxylic acids is 1. The number of nitrogens with one attached hydrogen (secondary N) is 7. The van der Waals surface area contributed by atoms with Crippen molar-refractivity contribution in [2.45, 2.75) is 121 Å². The van der Waals surface area contributed by atoms with E-state index in [4.69, 9.17) is 49.4 Å². The van der Waals surface area contributed by atoms with Crippen LogP contribution in [-0.4, -0.2) is 149 Å². The number of amides is 7. The van der Waals surface area contributed by atoms with Crippen molar-refractivity contribution in [3.63, 3.8) is 0 Å². The molecule has 17 rings (SSSR count). The highest BCUT2D eigenvalue weighted by atomic mass is 79.9. The average molecular weight is 2160 g/mol. The third kappa shape index (κ3) is 35.2. The number of carboxylic acids is 1. The summed E-state index contributed by atoms with van der Waals surface area (Å²) in [5.41, 5.74) is 35.5. The maximum Gasteiger partial charge on any atom is 0.412 e. The van der Waals surface area contributed by atoms with E-state index in [2.05, 4.69) is 83.8 Å². The molecule has 150 heavy (non-hydrogen) atoms. The number of carbonyl (C=O) groups excluding carboxylic acids is 7. The van der Waals surface area contributed by atoms with Crippen molar-refractivity contribution in [2.24, 2.45) is 0 Å². The van der Waals surface area contributed by atoms with Gasteiger partial charge in [-0.15, -0.1) is 0 Å². The number of hydrogen-bond acceptors (Lipinski definition) is 20. The molecule has 0 saturated carbocycles. The molecule has 0 spiro atoms. The molecule has 30 heteroatoms. The Balaban J connectivity index is 0.000000166. The Morgan fingerprint density at radius 1 is 0.293 bits per heavy atom. The van der Waals surface area contributed by atoms with Crippen molar-refractivity contribution in [1.29, 1.82) is 0 Å². The summed E-state index contributed by atoms with van der Waals surface area (Å²) in [5.74, 6) is -1.47. The van der Waals surface area contributed by atoms with E-state index in [1.165, 1.54) is 11.8 Å². The van der Waals surface area contributed by atoms with Gasteiger partial charge in [-0.25, -0.2) is 19.2 Å². The minimum atomic E-state index is -0.960. The van der Waals surface area contributed by atoms with Gasteiger partial charge in [0, 0.05) is 133 Å². The standard InChI is InChI=1S/C29H27N3O4.C29H33N3O4.C24H25N3O2.C19H21NO4.C12H16BrNO2.C7H8BrN/c1-20-18-24(31-29(34)27-6-3-15-36-27)9-12-26(20)21-4-2-5-22(19-21)28(33)30-23-7-10-25(11-8-23)32-13-16-35-17-14-32;1-20-18-24(31-28(34)36-29(2,3)4)10-13-26(20)21-6-5-7-22(19-21)27(33)30-23-8-11-25(12-9-23)32-14-16-35-17-15-32;1-17-15-20(25)5-10-23(17)18-3-2-4-19(16-18)24(28)26-21-6-8-22(9-7-21)27-11-13-29-14-12-27;1-12-10-15(20-18(23)24-19(2,3)4)8-9-16(12)13-6-5-7-14(11-13)17(21)22;1-8-7-9(5-6-10(8)13)14-11(15)16-12(2,3)4;1-5-4-6(9)2-3-7(5)8/h2-12,15,18-19H,13-14,16-17H2,1H3,(H,30,33)(H,31,34);5-13,18-19H,14-17H2,1-4H3,(H,30,33)(H,31,34);2-10,15-16H,11-14,25H2,1H3,(H,26,28);5-11H,1-4H3,(H,20,23)(H,21,22);5-7H,1-4H3,(H,14,15);2-4H,9H2,1H3. The lowest BCUT2D eigenvalue weighted by atomic mass is 9.98. The number of rotatable bonds is 19. The summed E-state index contributed by atoms with van der Waals surface area (Å²) in [6.07, 6.45) is 0.0236. The number of anilines is 12. The Hall–Kier alpha value is -15.9. The van der Waals surface area contributed by atoms with Crippen LogP contribution in [0.3, 0.4) is 0 Å². The number of carboxylic acid groups (broad SMARTS) is 1. The zero-order chi connectivity index (χ0) is 108. The van der Waals surface area contributed by atoms with Gasteiger partial charge in [0.15, 0.2) is 5.76 Å². The number of ether oxygens (including phenoxy) is 6. The lowest BCUT2D eigenvalue weighted by molar-refractivity contribution is 0.0624. The molecule has 14 aromatic rings. The molecular formula is C120H130Br2N12O16. The minimum Gasteiger partial charge on any atom is -0.478 e. The number of nitrogens with two attached hydrogens (primary N) is 2. The smallest absolute Gasteiger partial charge is 0.412 e. The molecule has 3 aliphatic rings. The average Bonchev–Trinajstić information content (AvgIpc) is 0.878. The molecular weight excluding hydrogens is 2030 g/mol. The van der Waals surface area contributed by atoms with Gasteiger partial charge in [0.1, 0.15) is 16.8 Å². The van der Waals surface area contributed by atoms with Gasteiger partial charge in [0.2, 0.25) is 0 Å². The fourth-order valence-electron chi connectivity index (χ4n) is 16.1. The SMILES string of the molecule is Cc1cc(N)ccc1-c1cccc(C(=O)Nc2ccc(N3CCOCC3)cc2)c1.Cc1cc(N)ccc1Br.Cc1cc(NC(=O)OC(C)(C)C)ccc1-c1cccc(C(=O)Nc2ccc(N3CCOCC3)cc2)c1.Cc1cc(NC(=O)OC(C)(C)C)ccc1-c1cccc(C(=O)O)c1.Cc1cc(NC(=O)OC(C)(C)C)ccc1Br.Cc1cc(NC(=O)c2ccco2)ccc1-c1cccc(C(=O)Nc2ccc(N3CCOCC3)cc2)c1. The molecule has 13 aromatic carbocycles. The molecule has 0 bridgehead atoms. The van der Waals surface area contributed by atoms with Crippen molar-refractivity contribution >= 4 is 148 Å². The first-order valence-corrected chi connectivity index (χ1v) is 50.7. The zero-order valence-corrected chi connectivity index (χ0v) is 90.3. The molecule has 780 valence electrons. The zero-order valence-electron chi connectivity index (χ0n) is 87.1. The van der Waals surface area contributed by atoms with E-state index in [1.807, 2.05) is 326 Å². The van der Waals surface area contributed by atoms with Gasteiger partial charge in [-0.1, -0.05) is 105 Å². The molecule has 3 aliphatic heterocycles. The molecule has 0 atom stereocenters. The Bertz CT molecular complexity index is 7030. The van der Waals surface area contributed by atoms with Gasteiger partial charge in [0.05, 0.1) is 51.5 Å². The highest BCUT2D eigenvalue weighted by molar-refractivity contribution is 9.10. The Morgan fingerprint density at radius 2 is 0.553 bits per heavy atom. The minimum absolute atomic E-state index is 0.126. The van der Waals surface area contributed by atoms with E-state index in [1.54, 1.807) is 69.3 Å². The van der Waals surface area contributed by atoms with Gasteiger partial charge in [-0.05, 0) is 400 Å². The summed E-state index contributed by atoms with van der Waals surface area (Å²) in [5, 5.41) is 29.0. The number of nitrogens with zero attached hydrogens (tertiary/aromatic N) is 3. The summed E-state index contributed by atoms with van der Waals surface area (Å²) >= 11 is 6.77. The van der Waals surface area contributed by atoms with E-state index in [-0.39, 0.29) is 35.0 Å². The largest absolute Gasteiger partial charge is 0.478 e. The maximum atomic E-state index is 13.0. The molecule has 7 amide bonds. The molecule has 28 nitrogen and oxygen atoms in total. The molecule has 1 aromatic heterocycles.